The van der Waals surface area contributed by atoms with E-state index in [9.17, 15) is 0 Å². The summed E-state index contributed by atoms with van der Waals surface area (Å²) in [5.74, 6) is 1.87. The molecular formula is C26H27. The summed E-state index contributed by atoms with van der Waals surface area (Å²) < 4.78 is 0. The first-order valence-electron chi connectivity index (χ1n) is 9.66. The molecule has 0 saturated carbocycles. The Morgan fingerprint density at radius 1 is 0.769 bits per heavy atom. The first kappa shape index (κ1) is 17.1. The highest BCUT2D eigenvalue weighted by molar-refractivity contribution is 5.87. The molecule has 26 heavy (non-hydrogen) atoms. The predicted octanol–water partition coefficient (Wildman–Crippen LogP) is 7.04. The lowest BCUT2D eigenvalue weighted by atomic mass is 9.81. The van der Waals surface area contributed by atoms with E-state index in [1.54, 1.807) is 0 Å². The molecule has 1 unspecified atom stereocenters. The highest BCUT2D eigenvalue weighted by atomic mass is 14.4. The molecule has 0 bridgehead atoms. The minimum atomic E-state index is 0.360. The van der Waals surface area contributed by atoms with Gasteiger partial charge in [-0.15, -0.1) is 0 Å². The average Bonchev–Trinajstić information content (AvgIpc) is 3.14. The van der Waals surface area contributed by atoms with Crippen LogP contribution < -0.4 is 0 Å². The van der Waals surface area contributed by atoms with E-state index in [4.69, 9.17) is 0 Å². The number of aryl methyl sites for hydroxylation is 1. The molecule has 2 aromatic carbocycles. The second-order valence-electron chi connectivity index (χ2n) is 7.61. The van der Waals surface area contributed by atoms with Crippen molar-refractivity contribution in [1.82, 2.24) is 0 Å². The Balaban J connectivity index is 1.86. The summed E-state index contributed by atoms with van der Waals surface area (Å²) in [6.07, 6.45) is 3.57. The number of benzene rings is 2. The molecule has 2 aliphatic carbocycles. The smallest absolute Gasteiger partial charge is 0.0370 e. The molecule has 0 amide bonds. The van der Waals surface area contributed by atoms with E-state index in [0.29, 0.717) is 5.92 Å². The van der Waals surface area contributed by atoms with Gasteiger partial charge in [0.15, 0.2) is 0 Å². The maximum absolute atomic E-state index is 2.49. The van der Waals surface area contributed by atoms with Crippen molar-refractivity contribution in [2.24, 2.45) is 0 Å². The highest BCUT2D eigenvalue weighted by Gasteiger charge is 2.36. The molecule has 0 saturated heterocycles. The van der Waals surface area contributed by atoms with Crippen molar-refractivity contribution in [3.05, 3.63) is 105 Å². The zero-order valence-electron chi connectivity index (χ0n) is 16.5. The monoisotopic (exact) mass is 339 g/mol. The van der Waals surface area contributed by atoms with Crippen LogP contribution in [0.4, 0.5) is 0 Å². The second kappa shape index (κ2) is 6.43. The van der Waals surface area contributed by atoms with Crippen molar-refractivity contribution in [2.45, 2.75) is 47.0 Å². The van der Waals surface area contributed by atoms with Crippen LogP contribution in [0, 0.1) is 5.92 Å². The summed E-state index contributed by atoms with van der Waals surface area (Å²) in [6.45, 7) is 11.3. The Bertz CT molecular complexity index is 941. The van der Waals surface area contributed by atoms with Crippen molar-refractivity contribution in [2.75, 3.05) is 0 Å². The van der Waals surface area contributed by atoms with Crippen LogP contribution in [0.2, 0.25) is 0 Å². The lowest BCUT2D eigenvalue weighted by Crippen LogP contribution is -2.08. The van der Waals surface area contributed by atoms with Gasteiger partial charge in [0, 0.05) is 11.8 Å². The third kappa shape index (κ3) is 2.51. The molecule has 0 heteroatoms. The van der Waals surface area contributed by atoms with E-state index >= 15 is 0 Å². The van der Waals surface area contributed by atoms with E-state index in [-0.39, 0.29) is 0 Å². The highest BCUT2D eigenvalue weighted by Crippen LogP contribution is 2.52. The van der Waals surface area contributed by atoms with Gasteiger partial charge in [-0.1, -0.05) is 72.7 Å². The molecule has 0 aliphatic heterocycles. The van der Waals surface area contributed by atoms with E-state index < -0.39 is 0 Å². The second-order valence-corrected chi connectivity index (χ2v) is 7.61. The van der Waals surface area contributed by atoms with Crippen LogP contribution in [0.3, 0.4) is 0 Å². The van der Waals surface area contributed by atoms with Gasteiger partial charge in [0.2, 0.25) is 0 Å². The molecule has 0 fully saturated rings. The fourth-order valence-corrected chi connectivity index (χ4v) is 4.52. The molecule has 0 aromatic heterocycles. The molecule has 131 valence electrons. The van der Waals surface area contributed by atoms with Crippen molar-refractivity contribution in [3.8, 4) is 0 Å². The predicted molar refractivity (Wildman–Crippen MR) is 112 cm³/mol. The first-order chi connectivity index (χ1) is 12.5. The summed E-state index contributed by atoms with van der Waals surface area (Å²) >= 11 is 0. The maximum atomic E-state index is 2.49. The van der Waals surface area contributed by atoms with Crippen LogP contribution in [-0.2, 0) is 6.42 Å². The summed E-state index contributed by atoms with van der Waals surface area (Å²) in [5, 5.41) is 0. The fourth-order valence-electron chi connectivity index (χ4n) is 4.52. The van der Waals surface area contributed by atoms with Gasteiger partial charge in [0.1, 0.15) is 0 Å². The quantitative estimate of drug-likeness (QED) is 0.562. The van der Waals surface area contributed by atoms with Gasteiger partial charge in [-0.3, -0.25) is 0 Å². The normalized spacial score (nSPS) is 20.0. The SMILES string of the molecule is CCc1cccc(C2=CC([C]3C(C)=C(C)C(C)=C3C)c3ccccc32)c1. The molecule has 1 radical (unpaired) electrons. The maximum Gasteiger partial charge on any atom is 0.0370 e. The number of hydrogen-bond donors (Lipinski definition) is 0. The van der Waals surface area contributed by atoms with Crippen LogP contribution in [0.1, 0.15) is 62.8 Å². The van der Waals surface area contributed by atoms with Gasteiger partial charge >= 0.3 is 0 Å². The van der Waals surface area contributed by atoms with E-state index in [2.05, 4.69) is 89.2 Å². The van der Waals surface area contributed by atoms with Crippen LogP contribution in [0.5, 0.6) is 0 Å². The van der Waals surface area contributed by atoms with Crippen molar-refractivity contribution >= 4 is 5.57 Å². The van der Waals surface area contributed by atoms with Crippen LogP contribution in [-0.4, -0.2) is 0 Å². The van der Waals surface area contributed by atoms with Gasteiger partial charge in [0.25, 0.3) is 0 Å². The largest absolute Gasteiger partial charge is 0.0672 e. The van der Waals surface area contributed by atoms with Crippen molar-refractivity contribution in [3.63, 3.8) is 0 Å². The molecule has 2 aliphatic rings. The third-order valence-corrected chi connectivity index (χ3v) is 6.37. The Morgan fingerprint density at radius 2 is 1.46 bits per heavy atom. The van der Waals surface area contributed by atoms with Gasteiger partial charge in [-0.05, 0) is 73.1 Å². The van der Waals surface area contributed by atoms with Gasteiger partial charge < -0.3 is 0 Å². The van der Waals surface area contributed by atoms with E-state index in [0.717, 1.165) is 6.42 Å². The molecule has 4 rings (SSSR count). The van der Waals surface area contributed by atoms with Gasteiger partial charge in [-0.2, -0.15) is 0 Å². The fraction of sp³-hybridized carbons (Fsp3) is 0.269. The summed E-state index contributed by atoms with van der Waals surface area (Å²) in [5.41, 5.74) is 12.8. The Morgan fingerprint density at radius 3 is 2.15 bits per heavy atom. The van der Waals surface area contributed by atoms with Gasteiger partial charge in [-0.25, -0.2) is 0 Å². The van der Waals surface area contributed by atoms with E-state index in [1.807, 2.05) is 0 Å². The minimum absolute atomic E-state index is 0.360. The number of rotatable bonds is 3. The number of allylic oxidation sites excluding steroid dienone is 5. The molecular weight excluding hydrogens is 312 g/mol. The summed E-state index contributed by atoms with van der Waals surface area (Å²) in [6, 6.07) is 18.0. The first-order valence-corrected chi connectivity index (χ1v) is 9.66. The zero-order valence-corrected chi connectivity index (χ0v) is 16.5. The van der Waals surface area contributed by atoms with Gasteiger partial charge in [0.05, 0.1) is 0 Å². The Labute approximate surface area is 158 Å². The Hall–Kier alpha value is -2.34. The molecule has 0 N–H and O–H groups in total. The topological polar surface area (TPSA) is 0 Å². The van der Waals surface area contributed by atoms with Crippen molar-refractivity contribution < 1.29 is 0 Å². The van der Waals surface area contributed by atoms with E-state index in [1.165, 1.54) is 56.0 Å². The summed E-state index contributed by atoms with van der Waals surface area (Å²) in [7, 11) is 0. The third-order valence-electron chi connectivity index (χ3n) is 6.37. The molecule has 0 heterocycles. The molecule has 0 nitrogen and oxygen atoms in total. The lowest BCUT2D eigenvalue weighted by molar-refractivity contribution is 0.898. The minimum Gasteiger partial charge on any atom is -0.0672 e. The van der Waals surface area contributed by atoms with Crippen molar-refractivity contribution in [1.29, 1.82) is 0 Å². The Kier molecular flexibility index (Phi) is 4.23. The lowest BCUT2D eigenvalue weighted by Gasteiger charge is -2.22. The van der Waals surface area contributed by atoms with Crippen LogP contribution in [0.25, 0.3) is 5.57 Å². The van der Waals surface area contributed by atoms with Crippen LogP contribution >= 0.6 is 0 Å². The summed E-state index contributed by atoms with van der Waals surface area (Å²) in [4.78, 5) is 0. The van der Waals surface area contributed by atoms with Crippen LogP contribution in [0.15, 0.2) is 76.9 Å². The average molecular weight is 340 g/mol. The molecule has 1 atom stereocenters. The molecule has 0 spiro atoms. The zero-order chi connectivity index (χ0) is 18.4. The number of fused-ring (bicyclic) bond motifs is 1. The molecule has 2 aromatic rings. The standard InChI is InChI=1S/C26H27/c1-6-20-10-9-11-21(14-20)24-15-25(23-13-8-7-12-22(23)24)26-18(4)16(2)17(3)19(26)5/h7-15,25H,6H2,1-5H3. The number of hydrogen-bond acceptors (Lipinski definition) is 0.